The number of benzene rings is 1. The highest BCUT2D eigenvalue weighted by Crippen LogP contribution is 2.50. The Balaban J connectivity index is 1.38. The van der Waals surface area contributed by atoms with Crippen molar-refractivity contribution in [3.63, 3.8) is 0 Å². The fraction of sp³-hybridized carbons (Fsp3) is 0.400. The molecule has 0 radical (unpaired) electrons. The number of piperazine rings is 1. The van der Waals surface area contributed by atoms with Gasteiger partial charge in [0, 0.05) is 50.1 Å². The molecule has 1 saturated heterocycles. The van der Waals surface area contributed by atoms with Gasteiger partial charge in [0.2, 0.25) is 5.91 Å². The van der Waals surface area contributed by atoms with E-state index in [1.54, 1.807) is 0 Å². The van der Waals surface area contributed by atoms with Crippen molar-refractivity contribution in [1.82, 2.24) is 14.8 Å². The zero-order chi connectivity index (χ0) is 17.3. The van der Waals surface area contributed by atoms with Crippen LogP contribution in [0, 0.1) is 0 Å². The molecule has 130 valence electrons. The summed E-state index contributed by atoms with van der Waals surface area (Å²) in [4.78, 5) is 21.6. The maximum absolute atomic E-state index is 13.1. The highest BCUT2D eigenvalue weighted by molar-refractivity contribution is 6.30. The molecule has 2 heterocycles. The maximum atomic E-state index is 13.1. The van der Waals surface area contributed by atoms with Crippen LogP contribution in [0.3, 0.4) is 0 Å². The van der Waals surface area contributed by atoms with E-state index in [1.165, 1.54) is 5.56 Å². The molecule has 1 saturated carbocycles. The molecule has 2 fully saturated rings. The lowest BCUT2D eigenvalue weighted by molar-refractivity contribution is -0.135. The molecule has 1 aliphatic heterocycles. The number of carbonyl (C=O) groups excluding carboxylic acids is 1. The summed E-state index contributed by atoms with van der Waals surface area (Å²) in [7, 11) is 0. The van der Waals surface area contributed by atoms with Crippen molar-refractivity contribution >= 4 is 17.5 Å². The Bertz CT molecular complexity index is 753. The van der Waals surface area contributed by atoms with Crippen molar-refractivity contribution in [3.05, 3.63) is 64.9 Å². The van der Waals surface area contributed by atoms with E-state index < -0.39 is 0 Å². The van der Waals surface area contributed by atoms with Gasteiger partial charge in [-0.25, -0.2) is 0 Å². The zero-order valence-corrected chi connectivity index (χ0v) is 15.0. The highest BCUT2D eigenvalue weighted by Gasteiger charge is 2.53. The minimum Gasteiger partial charge on any atom is -0.339 e. The molecule has 0 spiro atoms. The predicted octanol–water partition coefficient (Wildman–Crippen LogP) is 3.11. The second-order valence-electron chi connectivity index (χ2n) is 7.02. The largest absolute Gasteiger partial charge is 0.339 e. The summed E-state index contributed by atoms with van der Waals surface area (Å²) >= 11 is 6.13. The monoisotopic (exact) mass is 355 g/mol. The standard InChI is InChI=1S/C20H22ClN3O/c21-18-3-1-2-17(14-18)20(6-7-20)19(25)24-12-10-23(11-13-24)15-16-4-8-22-9-5-16/h1-5,8-9,14H,6-7,10-13,15H2. The van der Waals surface area contributed by atoms with Crippen LogP contribution < -0.4 is 0 Å². The van der Waals surface area contributed by atoms with Gasteiger partial charge in [0.05, 0.1) is 5.41 Å². The number of carbonyl (C=O) groups is 1. The summed E-state index contributed by atoms with van der Waals surface area (Å²) in [5, 5.41) is 0.707. The number of hydrogen-bond donors (Lipinski definition) is 0. The summed E-state index contributed by atoms with van der Waals surface area (Å²) < 4.78 is 0. The Kier molecular flexibility index (Phi) is 4.48. The Morgan fingerprint density at radius 1 is 1.08 bits per heavy atom. The molecular formula is C20H22ClN3O. The maximum Gasteiger partial charge on any atom is 0.233 e. The second kappa shape index (κ2) is 6.77. The van der Waals surface area contributed by atoms with E-state index >= 15 is 0 Å². The van der Waals surface area contributed by atoms with Gasteiger partial charge in [0.1, 0.15) is 0 Å². The summed E-state index contributed by atoms with van der Waals surface area (Å²) in [6.07, 6.45) is 5.53. The van der Waals surface area contributed by atoms with Crippen molar-refractivity contribution in [2.75, 3.05) is 26.2 Å². The summed E-state index contributed by atoms with van der Waals surface area (Å²) in [5.41, 5.74) is 2.02. The Labute approximate surface area is 153 Å². The zero-order valence-electron chi connectivity index (χ0n) is 14.2. The van der Waals surface area contributed by atoms with Crippen molar-refractivity contribution in [2.45, 2.75) is 24.8 Å². The van der Waals surface area contributed by atoms with Crippen molar-refractivity contribution in [1.29, 1.82) is 0 Å². The third-order valence-electron chi connectivity index (χ3n) is 5.35. The van der Waals surface area contributed by atoms with Crippen molar-refractivity contribution in [2.24, 2.45) is 0 Å². The van der Waals surface area contributed by atoms with E-state index in [-0.39, 0.29) is 11.3 Å². The van der Waals surface area contributed by atoms with Crippen LogP contribution in [0.4, 0.5) is 0 Å². The predicted molar refractivity (Wildman–Crippen MR) is 98.5 cm³/mol. The number of rotatable bonds is 4. The van der Waals surface area contributed by atoms with Gasteiger partial charge in [-0.3, -0.25) is 14.7 Å². The first kappa shape index (κ1) is 16.6. The van der Waals surface area contributed by atoms with Gasteiger partial charge in [0.25, 0.3) is 0 Å². The lowest BCUT2D eigenvalue weighted by Crippen LogP contribution is -2.51. The number of nitrogens with zero attached hydrogens (tertiary/aromatic N) is 3. The first-order valence-corrected chi connectivity index (χ1v) is 9.22. The lowest BCUT2D eigenvalue weighted by atomic mass is 9.94. The van der Waals surface area contributed by atoms with E-state index in [0.29, 0.717) is 5.02 Å². The molecule has 25 heavy (non-hydrogen) atoms. The third kappa shape index (κ3) is 3.42. The number of halogens is 1. The smallest absolute Gasteiger partial charge is 0.233 e. The van der Waals surface area contributed by atoms with Crippen molar-refractivity contribution in [3.8, 4) is 0 Å². The van der Waals surface area contributed by atoms with Gasteiger partial charge < -0.3 is 4.90 Å². The number of hydrogen-bond acceptors (Lipinski definition) is 3. The topological polar surface area (TPSA) is 36.4 Å². The second-order valence-corrected chi connectivity index (χ2v) is 7.45. The Morgan fingerprint density at radius 3 is 2.44 bits per heavy atom. The lowest BCUT2D eigenvalue weighted by Gasteiger charge is -2.36. The van der Waals surface area contributed by atoms with Crippen LogP contribution in [-0.2, 0) is 16.8 Å². The van der Waals surface area contributed by atoms with Gasteiger partial charge >= 0.3 is 0 Å². The molecule has 0 unspecified atom stereocenters. The molecule has 5 heteroatoms. The average molecular weight is 356 g/mol. The van der Waals surface area contributed by atoms with Crippen LogP contribution in [0.5, 0.6) is 0 Å². The minimum atomic E-state index is -0.321. The van der Waals surface area contributed by atoms with Gasteiger partial charge in [-0.05, 0) is 48.2 Å². The Hall–Kier alpha value is -1.91. The summed E-state index contributed by atoms with van der Waals surface area (Å²) in [6.45, 7) is 4.35. The number of pyridine rings is 1. The normalized spacial score (nSPS) is 19.6. The third-order valence-corrected chi connectivity index (χ3v) is 5.59. The molecule has 1 aliphatic carbocycles. The SMILES string of the molecule is O=C(N1CCN(Cc2ccncc2)CC1)C1(c2cccc(Cl)c2)CC1. The van der Waals surface area contributed by atoms with Gasteiger partial charge in [-0.2, -0.15) is 0 Å². The molecule has 0 atom stereocenters. The van der Waals surface area contributed by atoms with E-state index in [9.17, 15) is 4.79 Å². The molecule has 0 N–H and O–H groups in total. The van der Waals surface area contributed by atoms with E-state index in [4.69, 9.17) is 11.6 Å². The Morgan fingerprint density at radius 2 is 1.80 bits per heavy atom. The van der Waals surface area contributed by atoms with Crippen molar-refractivity contribution < 1.29 is 4.79 Å². The minimum absolute atomic E-state index is 0.276. The van der Waals surface area contributed by atoms with Crippen LogP contribution in [0.15, 0.2) is 48.8 Å². The fourth-order valence-corrected chi connectivity index (χ4v) is 3.89. The van der Waals surface area contributed by atoms with Gasteiger partial charge in [-0.1, -0.05) is 23.7 Å². The molecule has 1 aromatic heterocycles. The van der Waals surface area contributed by atoms with Gasteiger partial charge in [-0.15, -0.1) is 0 Å². The molecule has 1 aromatic carbocycles. The van der Waals surface area contributed by atoms with Crippen LogP contribution >= 0.6 is 11.6 Å². The van der Waals surface area contributed by atoms with E-state index in [1.807, 2.05) is 41.6 Å². The highest BCUT2D eigenvalue weighted by atomic mass is 35.5. The molecule has 2 aliphatic rings. The molecular weight excluding hydrogens is 334 g/mol. The number of amides is 1. The molecule has 2 aromatic rings. The van der Waals surface area contributed by atoms with Crippen LogP contribution in [0.1, 0.15) is 24.0 Å². The van der Waals surface area contributed by atoms with Gasteiger partial charge in [0.15, 0.2) is 0 Å². The summed E-state index contributed by atoms with van der Waals surface area (Å²) in [5.74, 6) is 0.276. The first-order valence-electron chi connectivity index (χ1n) is 8.84. The molecule has 0 bridgehead atoms. The van der Waals surface area contributed by atoms with E-state index in [2.05, 4.69) is 22.0 Å². The number of aromatic nitrogens is 1. The van der Waals surface area contributed by atoms with Crippen LogP contribution in [-0.4, -0.2) is 46.9 Å². The van der Waals surface area contributed by atoms with E-state index in [0.717, 1.165) is 51.1 Å². The average Bonchev–Trinajstić information content (AvgIpc) is 3.45. The molecule has 4 rings (SSSR count). The molecule has 1 amide bonds. The first-order chi connectivity index (χ1) is 12.2. The molecule has 4 nitrogen and oxygen atoms in total. The fourth-order valence-electron chi connectivity index (χ4n) is 3.70. The van der Waals surface area contributed by atoms with Crippen LogP contribution in [0.25, 0.3) is 0 Å². The quantitative estimate of drug-likeness (QED) is 0.845. The summed E-state index contributed by atoms with van der Waals surface area (Å²) in [6, 6.07) is 11.9. The van der Waals surface area contributed by atoms with Crippen LogP contribution in [0.2, 0.25) is 5.02 Å².